The maximum atomic E-state index is 11.6. The molecule has 1 heterocycles. The number of nitrogens with two attached hydrogens (primary N) is 1. The molecule has 0 radical (unpaired) electrons. The minimum Gasteiger partial charge on any atom is -0.384 e. The van der Waals surface area contributed by atoms with Gasteiger partial charge in [-0.3, -0.25) is 4.79 Å². The first-order valence-corrected chi connectivity index (χ1v) is 5.84. The number of carbonyl (C=O) groups excluding carboxylic acids is 1. The normalized spacial score (nSPS) is 13.8. The van der Waals surface area contributed by atoms with Gasteiger partial charge in [-0.15, -0.1) is 12.4 Å². The average Bonchev–Trinajstić information content (AvgIpc) is 3.12. The van der Waals surface area contributed by atoms with Crippen LogP contribution in [0.2, 0.25) is 0 Å². The number of rotatable bonds is 6. The lowest BCUT2D eigenvalue weighted by atomic mass is 10.3. The summed E-state index contributed by atoms with van der Waals surface area (Å²) in [5.74, 6) is 0.885. The third-order valence-electron chi connectivity index (χ3n) is 2.59. The first-order valence-electron chi connectivity index (χ1n) is 5.84. The summed E-state index contributed by atoms with van der Waals surface area (Å²) in [6, 6.07) is 4.99. The fraction of sp³-hybridized carbons (Fsp3) is 0.500. The Morgan fingerprint density at radius 3 is 2.94 bits per heavy atom. The van der Waals surface area contributed by atoms with Gasteiger partial charge < -0.3 is 15.8 Å². The molecule has 1 saturated carbocycles. The zero-order valence-electron chi connectivity index (χ0n) is 10.1. The van der Waals surface area contributed by atoms with E-state index in [2.05, 4.69) is 10.3 Å². The number of pyridine rings is 1. The number of hydrogen-bond donors (Lipinski definition) is 2. The molecular formula is C12H18ClN3O2. The van der Waals surface area contributed by atoms with E-state index in [4.69, 9.17) is 10.5 Å². The summed E-state index contributed by atoms with van der Waals surface area (Å²) < 4.78 is 5.41. The highest BCUT2D eigenvalue weighted by molar-refractivity contribution is 5.92. The lowest BCUT2D eigenvalue weighted by molar-refractivity contribution is 0.0902. The van der Waals surface area contributed by atoms with Crippen LogP contribution in [0.15, 0.2) is 18.2 Å². The van der Waals surface area contributed by atoms with E-state index in [0.29, 0.717) is 24.7 Å². The smallest absolute Gasteiger partial charge is 0.270 e. The molecule has 1 aliphatic rings. The van der Waals surface area contributed by atoms with Crippen molar-refractivity contribution in [1.82, 2.24) is 10.3 Å². The van der Waals surface area contributed by atoms with Crippen molar-refractivity contribution in [2.45, 2.75) is 12.8 Å². The Morgan fingerprint density at radius 2 is 2.28 bits per heavy atom. The molecule has 3 N–H and O–H groups in total. The molecule has 5 nitrogen and oxygen atoms in total. The lowest BCUT2D eigenvalue weighted by Crippen LogP contribution is -2.28. The molecule has 6 heteroatoms. The van der Waals surface area contributed by atoms with E-state index in [1.165, 1.54) is 12.8 Å². The van der Waals surface area contributed by atoms with Gasteiger partial charge >= 0.3 is 0 Å². The van der Waals surface area contributed by atoms with Crippen molar-refractivity contribution in [3.8, 4) is 0 Å². The maximum Gasteiger partial charge on any atom is 0.270 e. The third kappa shape index (κ3) is 4.89. The van der Waals surface area contributed by atoms with Gasteiger partial charge in [-0.1, -0.05) is 6.07 Å². The largest absolute Gasteiger partial charge is 0.384 e. The molecule has 0 saturated heterocycles. The van der Waals surface area contributed by atoms with Crippen molar-refractivity contribution in [3.05, 3.63) is 23.9 Å². The molecule has 1 fully saturated rings. The Kier molecular flexibility index (Phi) is 5.88. The molecule has 0 unspecified atom stereocenters. The van der Waals surface area contributed by atoms with Gasteiger partial charge in [-0.05, 0) is 30.9 Å². The van der Waals surface area contributed by atoms with Crippen molar-refractivity contribution in [2.75, 3.05) is 25.5 Å². The van der Waals surface area contributed by atoms with E-state index >= 15 is 0 Å². The van der Waals surface area contributed by atoms with Crippen LogP contribution < -0.4 is 11.1 Å². The number of amides is 1. The van der Waals surface area contributed by atoms with Crippen molar-refractivity contribution < 1.29 is 9.53 Å². The predicted molar refractivity (Wildman–Crippen MR) is 71.8 cm³/mol. The van der Waals surface area contributed by atoms with Gasteiger partial charge in [-0.25, -0.2) is 4.98 Å². The molecule has 0 aliphatic heterocycles. The van der Waals surface area contributed by atoms with Gasteiger partial charge in [0.2, 0.25) is 0 Å². The monoisotopic (exact) mass is 271 g/mol. The SMILES string of the molecule is Cl.Nc1cccc(C(=O)NCCOCC2CC2)n1. The topological polar surface area (TPSA) is 77.2 Å². The van der Waals surface area contributed by atoms with Crippen LogP contribution in [-0.2, 0) is 4.74 Å². The minimum absolute atomic E-state index is 0. The van der Waals surface area contributed by atoms with Crippen molar-refractivity contribution in [2.24, 2.45) is 5.92 Å². The molecule has 0 spiro atoms. The van der Waals surface area contributed by atoms with Gasteiger partial charge in [-0.2, -0.15) is 0 Å². The molecule has 0 aromatic carbocycles. The minimum atomic E-state index is -0.215. The van der Waals surface area contributed by atoms with E-state index in [-0.39, 0.29) is 18.3 Å². The van der Waals surface area contributed by atoms with E-state index in [9.17, 15) is 4.79 Å². The fourth-order valence-corrected chi connectivity index (χ4v) is 1.44. The number of nitrogens with zero attached hydrogens (tertiary/aromatic N) is 1. The van der Waals surface area contributed by atoms with Crippen LogP contribution in [0, 0.1) is 5.92 Å². The first kappa shape index (κ1) is 14.7. The van der Waals surface area contributed by atoms with Gasteiger partial charge in [0.25, 0.3) is 5.91 Å². The van der Waals surface area contributed by atoms with Crippen molar-refractivity contribution >= 4 is 24.1 Å². The van der Waals surface area contributed by atoms with Crippen LogP contribution >= 0.6 is 12.4 Å². The number of halogens is 1. The second-order valence-corrected chi connectivity index (χ2v) is 4.22. The Morgan fingerprint density at radius 1 is 1.50 bits per heavy atom. The van der Waals surface area contributed by atoms with E-state index in [1.54, 1.807) is 18.2 Å². The maximum absolute atomic E-state index is 11.6. The van der Waals surface area contributed by atoms with Crippen LogP contribution in [0.3, 0.4) is 0 Å². The second-order valence-electron chi connectivity index (χ2n) is 4.22. The number of nitrogens with one attached hydrogen (secondary N) is 1. The van der Waals surface area contributed by atoms with E-state index < -0.39 is 0 Å². The quantitative estimate of drug-likeness (QED) is 0.763. The van der Waals surface area contributed by atoms with Crippen LogP contribution in [0.4, 0.5) is 5.82 Å². The van der Waals surface area contributed by atoms with E-state index in [0.717, 1.165) is 12.5 Å². The summed E-state index contributed by atoms with van der Waals surface area (Å²) in [4.78, 5) is 15.6. The van der Waals surface area contributed by atoms with Crippen LogP contribution in [0.5, 0.6) is 0 Å². The number of aromatic nitrogens is 1. The fourth-order valence-electron chi connectivity index (χ4n) is 1.44. The summed E-state index contributed by atoms with van der Waals surface area (Å²) >= 11 is 0. The molecule has 1 aromatic rings. The molecule has 2 rings (SSSR count). The Bertz CT molecular complexity index is 397. The van der Waals surface area contributed by atoms with Crippen molar-refractivity contribution in [3.63, 3.8) is 0 Å². The highest BCUT2D eigenvalue weighted by atomic mass is 35.5. The highest BCUT2D eigenvalue weighted by Crippen LogP contribution is 2.28. The number of ether oxygens (including phenoxy) is 1. The number of nitrogen functional groups attached to an aromatic ring is 1. The lowest BCUT2D eigenvalue weighted by Gasteiger charge is -2.05. The number of carbonyl (C=O) groups is 1. The predicted octanol–water partition coefficient (Wildman–Crippen LogP) is 1.24. The molecule has 100 valence electrons. The summed E-state index contributed by atoms with van der Waals surface area (Å²) in [6.07, 6.45) is 2.55. The summed E-state index contributed by atoms with van der Waals surface area (Å²) in [7, 11) is 0. The number of anilines is 1. The summed E-state index contributed by atoms with van der Waals surface area (Å²) in [6.45, 7) is 1.86. The first-order chi connectivity index (χ1) is 8.25. The van der Waals surface area contributed by atoms with Gasteiger partial charge in [0.05, 0.1) is 6.61 Å². The standard InChI is InChI=1S/C12H17N3O2.ClH/c13-11-3-1-2-10(15-11)12(16)14-6-7-17-8-9-4-5-9;/h1-3,9H,4-8H2,(H2,13,15)(H,14,16);1H. The Labute approximate surface area is 113 Å². The van der Waals surface area contributed by atoms with E-state index in [1.807, 2.05) is 0 Å². The summed E-state index contributed by atoms with van der Waals surface area (Å²) in [5.41, 5.74) is 5.84. The molecule has 1 amide bonds. The third-order valence-corrected chi connectivity index (χ3v) is 2.59. The second kappa shape index (κ2) is 7.18. The van der Waals surface area contributed by atoms with Gasteiger partial charge in [0.1, 0.15) is 11.5 Å². The molecule has 0 atom stereocenters. The average molecular weight is 272 g/mol. The Hall–Kier alpha value is -1.33. The van der Waals surface area contributed by atoms with Crippen molar-refractivity contribution in [1.29, 1.82) is 0 Å². The zero-order chi connectivity index (χ0) is 12.1. The summed E-state index contributed by atoms with van der Waals surface area (Å²) in [5, 5.41) is 2.74. The Balaban J connectivity index is 0.00000162. The molecule has 1 aliphatic carbocycles. The van der Waals surface area contributed by atoms with Crippen LogP contribution in [0.1, 0.15) is 23.3 Å². The molecule has 1 aromatic heterocycles. The highest BCUT2D eigenvalue weighted by Gasteiger charge is 2.20. The molecular weight excluding hydrogens is 254 g/mol. The molecule has 0 bridgehead atoms. The van der Waals surface area contributed by atoms with Gasteiger partial charge in [0.15, 0.2) is 0 Å². The van der Waals surface area contributed by atoms with Crippen LogP contribution in [-0.4, -0.2) is 30.6 Å². The molecule has 18 heavy (non-hydrogen) atoms. The number of hydrogen-bond acceptors (Lipinski definition) is 4. The van der Waals surface area contributed by atoms with Gasteiger partial charge in [0, 0.05) is 13.2 Å². The zero-order valence-corrected chi connectivity index (χ0v) is 10.9. The van der Waals surface area contributed by atoms with Crippen LogP contribution in [0.25, 0.3) is 0 Å².